The highest BCUT2D eigenvalue weighted by atomic mass is 127. The Bertz CT molecular complexity index is 438. The number of halogens is 2. The maximum atomic E-state index is 13.5. The molecule has 114 valence electrons. The fraction of sp³-hybridized carbons (Fsp3) is 0.500. The second kappa shape index (κ2) is 9.79. The second-order valence-corrected chi connectivity index (χ2v) is 4.67. The van der Waals surface area contributed by atoms with Crippen molar-refractivity contribution in [3.05, 3.63) is 29.6 Å². The summed E-state index contributed by atoms with van der Waals surface area (Å²) in [5, 5.41) is 6.33. The predicted octanol–water partition coefficient (Wildman–Crippen LogP) is 2.77. The Kier molecular flexibility index (Phi) is 9.28. The van der Waals surface area contributed by atoms with Crippen molar-refractivity contribution >= 4 is 29.9 Å². The normalized spacial score (nSPS) is 11.0. The summed E-state index contributed by atoms with van der Waals surface area (Å²) in [5.41, 5.74) is 0.839. The number of ether oxygens (including phenoxy) is 1. The molecule has 4 nitrogen and oxygen atoms in total. The number of aliphatic imine (C=N–C) groups is 1. The van der Waals surface area contributed by atoms with Gasteiger partial charge < -0.3 is 15.4 Å². The molecule has 0 unspecified atom stereocenters. The summed E-state index contributed by atoms with van der Waals surface area (Å²) in [6.07, 6.45) is 0. The topological polar surface area (TPSA) is 45.7 Å². The van der Waals surface area contributed by atoms with E-state index in [-0.39, 0.29) is 35.5 Å². The summed E-state index contributed by atoms with van der Waals surface area (Å²) in [6, 6.07) is 4.91. The van der Waals surface area contributed by atoms with E-state index in [1.54, 1.807) is 13.1 Å². The zero-order chi connectivity index (χ0) is 14.3. The van der Waals surface area contributed by atoms with E-state index in [1.165, 1.54) is 13.2 Å². The van der Waals surface area contributed by atoms with Gasteiger partial charge in [0.25, 0.3) is 0 Å². The largest absolute Gasteiger partial charge is 0.494 e. The summed E-state index contributed by atoms with van der Waals surface area (Å²) >= 11 is 0. The molecule has 1 aromatic rings. The van der Waals surface area contributed by atoms with Crippen LogP contribution in [0.3, 0.4) is 0 Å². The molecule has 0 bridgehead atoms. The number of hydrogen-bond acceptors (Lipinski definition) is 2. The van der Waals surface area contributed by atoms with Crippen LogP contribution in [0.4, 0.5) is 4.39 Å². The third-order valence-corrected chi connectivity index (χ3v) is 2.58. The first kappa shape index (κ1) is 18.9. The lowest BCUT2D eigenvalue weighted by atomic mass is 10.2. The van der Waals surface area contributed by atoms with Gasteiger partial charge in [-0.05, 0) is 23.6 Å². The Labute approximate surface area is 137 Å². The number of nitrogens with one attached hydrogen (secondary N) is 2. The SMILES string of the molecule is CN=C(NCc1ccc(OC)c(F)c1)NCC(C)C.I. The molecule has 2 N–H and O–H groups in total. The van der Waals surface area contributed by atoms with Crippen molar-refractivity contribution in [1.82, 2.24) is 10.6 Å². The monoisotopic (exact) mass is 395 g/mol. The summed E-state index contributed by atoms with van der Waals surface area (Å²) in [7, 11) is 3.16. The van der Waals surface area contributed by atoms with Crippen LogP contribution < -0.4 is 15.4 Å². The van der Waals surface area contributed by atoms with Gasteiger partial charge in [-0.3, -0.25) is 4.99 Å². The van der Waals surface area contributed by atoms with Crippen molar-refractivity contribution in [2.45, 2.75) is 20.4 Å². The molecule has 0 radical (unpaired) electrons. The molecule has 6 heteroatoms. The van der Waals surface area contributed by atoms with Crippen LogP contribution in [-0.2, 0) is 6.54 Å². The van der Waals surface area contributed by atoms with E-state index in [4.69, 9.17) is 4.74 Å². The van der Waals surface area contributed by atoms with E-state index in [9.17, 15) is 4.39 Å². The van der Waals surface area contributed by atoms with Crippen LogP contribution in [0.2, 0.25) is 0 Å². The third kappa shape index (κ3) is 6.40. The quantitative estimate of drug-likeness (QED) is 0.458. The smallest absolute Gasteiger partial charge is 0.191 e. The maximum Gasteiger partial charge on any atom is 0.191 e. The highest BCUT2D eigenvalue weighted by molar-refractivity contribution is 14.0. The van der Waals surface area contributed by atoms with Gasteiger partial charge in [0.05, 0.1) is 7.11 Å². The minimum atomic E-state index is -0.355. The third-order valence-electron chi connectivity index (χ3n) is 2.58. The molecular formula is C14H23FIN3O. The lowest BCUT2D eigenvalue weighted by Gasteiger charge is -2.13. The first-order valence-corrected chi connectivity index (χ1v) is 6.33. The summed E-state index contributed by atoms with van der Waals surface area (Å²) in [6.45, 7) is 5.60. The molecule has 0 saturated carbocycles. The molecule has 0 aliphatic heterocycles. The van der Waals surface area contributed by atoms with Crippen LogP contribution in [0.15, 0.2) is 23.2 Å². The van der Waals surface area contributed by atoms with Gasteiger partial charge in [0.15, 0.2) is 17.5 Å². The van der Waals surface area contributed by atoms with Crippen molar-refractivity contribution in [3.8, 4) is 5.75 Å². The van der Waals surface area contributed by atoms with Crippen LogP contribution in [-0.4, -0.2) is 26.7 Å². The fourth-order valence-corrected chi connectivity index (χ4v) is 1.53. The average Bonchev–Trinajstić information content (AvgIpc) is 2.39. The number of methoxy groups -OCH3 is 1. The molecule has 0 amide bonds. The van der Waals surface area contributed by atoms with Gasteiger partial charge in [-0.1, -0.05) is 19.9 Å². The van der Waals surface area contributed by atoms with Crippen molar-refractivity contribution in [1.29, 1.82) is 0 Å². The van der Waals surface area contributed by atoms with Gasteiger partial charge in [-0.25, -0.2) is 4.39 Å². The summed E-state index contributed by atoms with van der Waals surface area (Å²) < 4.78 is 18.4. The maximum absolute atomic E-state index is 13.5. The molecule has 0 atom stereocenters. The van der Waals surface area contributed by atoms with Gasteiger partial charge in [-0.2, -0.15) is 0 Å². The number of rotatable bonds is 5. The standard InChI is InChI=1S/C14H22FN3O.HI/c1-10(2)8-17-14(16-3)18-9-11-5-6-13(19-4)12(15)7-11;/h5-7,10H,8-9H2,1-4H3,(H2,16,17,18);1H. The summed E-state index contributed by atoms with van der Waals surface area (Å²) in [5.74, 6) is 1.15. The van der Waals surface area contributed by atoms with E-state index in [2.05, 4.69) is 29.5 Å². The molecule has 0 aromatic heterocycles. The van der Waals surface area contributed by atoms with Crippen LogP contribution in [0.1, 0.15) is 19.4 Å². The van der Waals surface area contributed by atoms with Crippen LogP contribution >= 0.6 is 24.0 Å². The first-order chi connectivity index (χ1) is 9.06. The second-order valence-electron chi connectivity index (χ2n) is 4.67. The van der Waals surface area contributed by atoms with E-state index < -0.39 is 0 Å². The molecular weight excluding hydrogens is 372 g/mol. The lowest BCUT2D eigenvalue weighted by Crippen LogP contribution is -2.38. The molecule has 0 fully saturated rings. The highest BCUT2D eigenvalue weighted by Gasteiger charge is 2.04. The van der Waals surface area contributed by atoms with Gasteiger partial charge in [0, 0.05) is 20.1 Å². The van der Waals surface area contributed by atoms with Gasteiger partial charge in [0.2, 0.25) is 0 Å². The van der Waals surface area contributed by atoms with Crippen molar-refractivity contribution < 1.29 is 9.13 Å². The number of nitrogens with zero attached hydrogens (tertiary/aromatic N) is 1. The fourth-order valence-electron chi connectivity index (χ4n) is 1.53. The Morgan fingerprint density at radius 3 is 2.55 bits per heavy atom. The highest BCUT2D eigenvalue weighted by Crippen LogP contribution is 2.17. The molecule has 0 heterocycles. The Balaban J connectivity index is 0.00000361. The number of guanidine groups is 1. The first-order valence-electron chi connectivity index (χ1n) is 6.33. The minimum absolute atomic E-state index is 0. The molecule has 1 aromatic carbocycles. The number of hydrogen-bond donors (Lipinski definition) is 2. The molecule has 0 aliphatic carbocycles. The molecule has 1 rings (SSSR count). The molecule has 20 heavy (non-hydrogen) atoms. The zero-order valence-electron chi connectivity index (χ0n) is 12.4. The van der Waals surface area contributed by atoms with Gasteiger partial charge in [0.1, 0.15) is 0 Å². The average molecular weight is 395 g/mol. The van der Waals surface area contributed by atoms with Crippen LogP contribution in [0.25, 0.3) is 0 Å². The Morgan fingerprint density at radius 2 is 2.05 bits per heavy atom. The zero-order valence-corrected chi connectivity index (χ0v) is 14.7. The van der Waals surface area contributed by atoms with Gasteiger partial charge >= 0.3 is 0 Å². The molecule has 0 aliphatic rings. The minimum Gasteiger partial charge on any atom is -0.494 e. The number of benzene rings is 1. The summed E-state index contributed by atoms with van der Waals surface area (Å²) in [4.78, 5) is 4.11. The van der Waals surface area contributed by atoms with E-state index in [1.807, 2.05) is 6.07 Å². The predicted molar refractivity (Wildman–Crippen MR) is 91.4 cm³/mol. The van der Waals surface area contributed by atoms with Crippen LogP contribution in [0.5, 0.6) is 5.75 Å². The Hall–Kier alpha value is -1.05. The molecule has 0 spiro atoms. The lowest BCUT2D eigenvalue weighted by molar-refractivity contribution is 0.386. The van der Waals surface area contributed by atoms with Crippen molar-refractivity contribution in [2.75, 3.05) is 20.7 Å². The van der Waals surface area contributed by atoms with E-state index in [0.717, 1.165) is 12.1 Å². The van der Waals surface area contributed by atoms with E-state index >= 15 is 0 Å². The van der Waals surface area contributed by atoms with Crippen molar-refractivity contribution in [3.63, 3.8) is 0 Å². The molecule has 0 saturated heterocycles. The van der Waals surface area contributed by atoms with Crippen LogP contribution in [0, 0.1) is 11.7 Å². The van der Waals surface area contributed by atoms with E-state index in [0.29, 0.717) is 18.4 Å². The van der Waals surface area contributed by atoms with Crippen molar-refractivity contribution in [2.24, 2.45) is 10.9 Å². The van der Waals surface area contributed by atoms with Gasteiger partial charge in [-0.15, -0.1) is 24.0 Å². The Morgan fingerprint density at radius 1 is 1.35 bits per heavy atom.